The summed E-state index contributed by atoms with van der Waals surface area (Å²) in [6.45, 7) is 0. The number of carbonyl (C=O) groups excluding carboxylic acids is 1. The predicted molar refractivity (Wildman–Crippen MR) is 70.5 cm³/mol. The summed E-state index contributed by atoms with van der Waals surface area (Å²) in [7, 11) is 0. The molecule has 2 rings (SSSR count). The molecule has 0 fully saturated rings. The summed E-state index contributed by atoms with van der Waals surface area (Å²) in [4.78, 5) is 22.0. The second-order valence-corrected chi connectivity index (χ2v) is 5.25. The van der Waals surface area contributed by atoms with Crippen LogP contribution in [-0.4, -0.2) is 10.7 Å². The molecule has 1 aromatic carbocycles. The van der Waals surface area contributed by atoms with Crippen LogP contribution in [0.4, 0.5) is 18.2 Å². The molecule has 0 aliphatic rings. The van der Waals surface area contributed by atoms with Crippen molar-refractivity contribution in [3.05, 3.63) is 62.5 Å². The predicted octanol–water partition coefficient (Wildman–Crippen LogP) is 4.10. The van der Waals surface area contributed by atoms with Gasteiger partial charge in [0.15, 0.2) is 5.78 Å². The lowest BCUT2D eigenvalue weighted by atomic mass is 10.1. The number of carbonyl (C=O) groups is 1. The summed E-state index contributed by atoms with van der Waals surface area (Å²) < 4.78 is 37.2. The molecule has 8 heteroatoms. The van der Waals surface area contributed by atoms with Gasteiger partial charge in [-0.05, 0) is 23.8 Å². The van der Waals surface area contributed by atoms with Crippen molar-refractivity contribution in [2.45, 2.75) is 12.6 Å². The first-order chi connectivity index (χ1) is 9.77. The van der Waals surface area contributed by atoms with Crippen LogP contribution in [-0.2, 0) is 12.6 Å². The Hall–Kier alpha value is -2.22. The van der Waals surface area contributed by atoms with Gasteiger partial charge in [0.1, 0.15) is 0 Å². The molecule has 0 saturated carbocycles. The molecule has 1 aromatic heterocycles. The van der Waals surface area contributed by atoms with Crippen molar-refractivity contribution in [1.82, 2.24) is 0 Å². The van der Waals surface area contributed by atoms with Gasteiger partial charge in [0.2, 0.25) is 0 Å². The van der Waals surface area contributed by atoms with E-state index in [0.29, 0.717) is 5.56 Å². The Balaban J connectivity index is 2.10. The van der Waals surface area contributed by atoms with Gasteiger partial charge in [0, 0.05) is 12.5 Å². The first-order valence-corrected chi connectivity index (χ1v) is 6.52. The number of nitro groups is 1. The van der Waals surface area contributed by atoms with Crippen molar-refractivity contribution in [3.8, 4) is 0 Å². The van der Waals surface area contributed by atoms with Crippen molar-refractivity contribution in [1.29, 1.82) is 0 Å². The maximum Gasteiger partial charge on any atom is 0.416 e. The van der Waals surface area contributed by atoms with Gasteiger partial charge < -0.3 is 0 Å². The Kier molecular flexibility index (Phi) is 4.08. The van der Waals surface area contributed by atoms with E-state index in [0.717, 1.165) is 23.5 Å². The number of alkyl halides is 3. The van der Waals surface area contributed by atoms with E-state index in [1.807, 2.05) is 0 Å². The number of thiophene rings is 1. The molecule has 1 heterocycles. The van der Waals surface area contributed by atoms with Crippen LogP contribution in [0.3, 0.4) is 0 Å². The van der Waals surface area contributed by atoms with E-state index >= 15 is 0 Å². The van der Waals surface area contributed by atoms with Crippen molar-refractivity contribution in [2.75, 3.05) is 0 Å². The fourth-order valence-electron chi connectivity index (χ4n) is 1.66. The van der Waals surface area contributed by atoms with E-state index < -0.39 is 16.7 Å². The third-order valence-corrected chi connectivity index (χ3v) is 3.77. The zero-order valence-corrected chi connectivity index (χ0v) is 11.2. The van der Waals surface area contributed by atoms with Gasteiger partial charge in [-0.2, -0.15) is 13.2 Å². The highest BCUT2D eigenvalue weighted by Crippen LogP contribution is 2.29. The summed E-state index contributed by atoms with van der Waals surface area (Å²) in [5.74, 6) is -0.368. The van der Waals surface area contributed by atoms with Crippen molar-refractivity contribution >= 4 is 22.1 Å². The van der Waals surface area contributed by atoms with Crippen molar-refractivity contribution in [3.63, 3.8) is 0 Å². The molecule has 0 radical (unpaired) electrons. The Morgan fingerprint density at radius 2 is 1.76 bits per heavy atom. The minimum atomic E-state index is -4.42. The summed E-state index contributed by atoms with van der Waals surface area (Å²) in [5.41, 5.74) is -0.366. The first kappa shape index (κ1) is 15.2. The topological polar surface area (TPSA) is 60.2 Å². The van der Waals surface area contributed by atoms with Gasteiger partial charge in [-0.1, -0.05) is 23.5 Å². The number of hydrogen-bond acceptors (Lipinski definition) is 4. The zero-order valence-electron chi connectivity index (χ0n) is 10.4. The first-order valence-electron chi connectivity index (χ1n) is 5.71. The van der Waals surface area contributed by atoms with E-state index in [2.05, 4.69) is 0 Å². The van der Waals surface area contributed by atoms with Gasteiger partial charge in [0.05, 0.1) is 15.4 Å². The molecule has 0 N–H and O–H groups in total. The van der Waals surface area contributed by atoms with E-state index in [4.69, 9.17) is 0 Å². The lowest BCUT2D eigenvalue weighted by Crippen LogP contribution is -2.06. The molecular formula is C13H8F3NO3S. The van der Waals surface area contributed by atoms with E-state index in [-0.39, 0.29) is 22.1 Å². The molecule has 0 saturated heterocycles. The largest absolute Gasteiger partial charge is 0.416 e. The highest BCUT2D eigenvalue weighted by atomic mass is 32.1. The Morgan fingerprint density at radius 3 is 2.24 bits per heavy atom. The monoisotopic (exact) mass is 315 g/mol. The molecule has 0 atom stereocenters. The molecule has 0 aliphatic carbocycles. The Labute approximate surface area is 121 Å². The molecule has 0 unspecified atom stereocenters. The molecule has 21 heavy (non-hydrogen) atoms. The smallest absolute Gasteiger partial charge is 0.293 e. The normalized spacial score (nSPS) is 11.4. The van der Waals surface area contributed by atoms with Crippen LogP contribution in [0.25, 0.3) is 0 Å². The van der Waals surface area contributed by atoms with Crippen LogP contribution in [0, 0.1) is 10.1 Å². The summed E-state index contributed by atoms with van der Waals surface area (Å²) >= 11 is 0.747. The molecule has 0 spiro atoms. The third-order valence-electron chi connectivity index (χ3n) is 2.69. The summed E-state index contributed by atoms with van der Waals surface area (Å²) in [6.07, 6.45) is -4.52. The van der Waals surface area contributed by atoms with E-state index in [1.54, 1.807) is 0 Å². The fourth-order valence-corrected chi connectivity index (χ4v) is 2.42. The molecule has 0 aliphatic heterocycles. The number of halogens is 3. The number of hydrogen-bond donors (Lipinski definition) is 0. The van der Waals surface area contributed by atoms with E-state index in [9.17, 15) is 28.1 Å². The molecular weight excluding hydrogens is 307 g/mol. The van der Waals surface area contributed by atoms with Crippen molar-refractivity contribution < 1.29 is 22.9 Å². The quantitative estimate of drug-likeness (QED) is 0.485. The Bertz CT molecular complexity index is 677. The minimum Gasteiger partial charge on any atom is -0.293 e. The second kappa shape index (κ2) is 5.65. The molecule has 110 valence electrons. The van der Waals surface area contributed by atoms with Crippen LogP contribution < -0.4 is 0 Å². The SMILES string of the molecule is O=C(Cc1ccc(C(F)(F)F)cc1)c1ccc([N+](=O)[O-])s1. The zero-order chi connectivity index (χ0) is 15.6. The maximum atomic E-state index is 12.4. The highest BCUT2D eigenvalue weighted by molar-refractivity contribution is 7.17. The standard InChI is InChI=1S/C13H8F3NO3S/c14-13(15,16)9-3-1-8(2-4-9)7-10(18)11-5-6-12(21-11)17(19)20/h1-6H,7H2. The van der Waals surface area contributed by atoms with Crippen LogP contribution in [0.1, 0.15) is 20.8 Å². The number of nitrogens with zero attached hydrogens (tertiary/aromatic N) is 1. The summed E-state index contributed by atoms with van der Waals surface area (Å²) in [5, 5.41) is 10.4. The van der Waals surface area contributed by atoms with Gasteiger partial charge in [-0.3, -0.25) is 14.9 Å². The summed E-state index contributed by atoms with van der Waals surface area (Å²) in [6, 6.07) is 6.82. The van der Waals surface area contributed by atoms with Crippen LogP contribution in [0.5, 0.6) is 0 Å². The number of rotatable bonds is 4. The average molecular weight is 315 g/mol. The van der Waals surface area contributed by atoms with Gasteiger partial charge in [-0.25, -0.2) is 0 Å². The van der Waals surface area contributed by atoms with Crippen LogP contribution in [0.15, 0.2) is 36.4 Å². The number of ketones is 1. The van der Waals surface area contributed by atoms with Crippen molar-refractivity contribution in [2.24, 2.45) is 0 Å². The lowest BCUT2D eigenvalue weighted by Gasteiger charge is -2.07. The number of benzene rings is 1. The average Bonchev–Trinajstić information content (AvgIpc) is 2.88. The molecule has 2 aromatic rings. The minimum absolute atomic E-state index is 0.101. The van der Waals surface area contributed by atoms with Gasteiger partial charge in [-0.15, -0.1) is 0 Å². The van der Waals surface area contributed by atoms with E-state index in [1.165, 1.54) is 24.3 Å². The van der Waals surface area contributed by atoms with Crippen LogP contribution in [0.2, 0.25) is 0 Å². The Morgan fingerprint density at radius 1 is 1.14 bits per heavy atom. The maximum absolute atomic E-state index is 12.4. The molecule has 0 bridgehead atoms. The highest BCUT2D eigenvalue weighted by Gasteiger charge is 2.30. The fraction of sp³-hybridized carbons (Fsp3) is 0.154. The lowest BCUT2D eigenvalue weighted by molar-refractivity contribution is -0.380. The molecule has 0 amide bonds. The van der Waals surface area contributed by atoms with Crippen LogP contribution >= 0.6 is 11.3 Å². The number of Topliss-reactive ketones (excluding diaryl/α,β-unsaturated/α-hetero) is 1. The van der Waals surface area contributed by atoms with Gasteiger partial charge in [0.25, 0.3) is 0 Å². The van der Waals surface area contributed by atoms with Gasteiger partial charge >= 0.3 is 11.2 Å². The third kappa shape index (κ3) is 3.66. The second-order valence-electron chi connectivity index (χ2n) is 4.19. The molecule has 4 nitrogen and oxygen atoms in total.